The molecule has 7 heteroatoms. The number of rotatable bonds is 4. The Morgan fingerprint density at radius 2 is 1.49 bits per heavy atom. The van der Waals surface area contributed by atoms with Crippen LogP contribution in [0.25, 0.3) is 0 Å². The molecule has 1 aliphatic heterocycles. The van der Waals surface area contributed by atoms with Crippen molar-refractivity contribution < 1.29 is 14.4 Å². The van der Waals surface area contributed by atoms with E-state index in [0.29, 0.717) is 11.3 Å². The number of amides is 3. The molecule has 3 aliphatic carbocycles. The van der Waals surface area contributed by atoms with Crippen molar-refractivity contribution in [1.29, 1.82) is 0 Å². The molecule has 1 N–H and O–H groups in total. The number of nitrogens with zero attached hydrogens (tertiary/aromatic N) is 3. The molecule has 2 heterocycles. The van der Waals surface area contributed by atoms with Gasteiger partial charge >= 0.3 is 0 Å². The lowest BCUT2D eigenvalue weighted by Crippen LogP contribution is -2.54. The highest BCUT2D eigenvalue weighted by Crippen LogP contribution is 2.63. The molecule has 4 aromatic rings. The highest BCUT2D eigenvalue weighted by Gasteiger charge is 2.68. The lowest BCUT2D eigenvalue weighted by Gasteiger charge is -2.52. The van der Waals surface area contributed by atoms with Gasteiger partial charge in [-0.25, -0.2) is 10.3 Å². The second kappa shape index (κ2) is 8.56. The lowest BCUT2D eigenvalue weighted by molar-refractivity contribution is -0.122. The Morgan fingerprint density at radius 1 is 0.872 bits per heavy atom. The molecule has 0 radical (unpaired) electrons. The van der Waals surface area contributed by atoms with Crippen molar-refractivity contribution >= 4 is 29.6 Å². The van der Waals surface area contributed by atoms with E-state index in [9.17, 15) is 14.4 Å². The third kappa shape index (κ3) is 3.13. The molecule has 0 saturated carbocycles. The maximum absolute atomic E-state index is 14.4. The lowest BCUT2D eigenvalue weighted by atomic mass is 9.47. The second-order valence-electron chi connectivity index (χ2n) is 10.3. The number of hydrogen-bond donors (Lipinski definition) is 1. The van der Waals surface area contributed by atoms with Crippen LogP contribution in [0.4, 0.5) is 5.69 Å². The van der Waals surface area contributed by atoms with E-state index in [1.54, 1.807) is 30.7 Å². The van der Waals surface area contributed by atoms with Gasteiger partial charge in [-0.05, 0) is 52.9 Å². The monoisotopic (exact) mass is 512 g/mol. The van der Waals surface area contributed by atoms with Crippen LogP contribution in [0.5, 0.6) is 0 Å². The number of imide groups is 1. The van der Waals surface area contributed by atoms with E-state index in [1.165, 1.54) is 4.90 Å². The van der Waals surface area contributed by atoms with Crippen LogP contribution in [-0.4, -0.2) is 28.9 Å². The van der Waals surface area contributed by atoms with E-state index in [1.807, 2.05) is 79.7 Å². The number of benzene rings is 3. The number of aromatic nitrogens is 1. The average molecular weight is 513 g/mol. The highest BCUT2D eigenvalue weighted by atomic mass is 16.2. The maximum Gasteiger partial charge on any atom is 0.271 e. The third-order valence-corrected chi connectivity index (χ3v) is 8.42. The van der Waals surface area contributed by atoms with Crippen molar-refractivity contribution in [3.63, 3.8) is 0 Å². The van der Waals surface area contributed by atoms with Gasteiger partial charge in [-0.1, -0.05) is 66.7 Å². The molecule has 8 rings (SSSR count). The molecule has 3 aromatic carbocycles. The van der Waals surface area contributed by atoms with Crippen molar-refractivity contribution in [2.45, 2.75) is 18.3 Å². The fourth-order valence-electron chi connectivity index (χ4n) is 6.86. The number of aryl methyl sites for hydroxylation is 1. The first-order chi connectivity index (χ1) is 19.0. The Balaban J connectivity index is 1.43. The SMILES string of the molecule is Cc1ccccc1N1C(=O)C2C3c4ccccc4C(/C=N/NC(=O)c4ccncc4)(c4ccccc43)C2C1=O. The van der Waals surface area contributed by atoms with Crippen LogP contribution in [0, 0.1) is 18.8 Å². The summed E-state index contributed by atoms with van der Waals surface area (Å²) >= 11 is 0. The van der Waals surface area contributed by atoms with Crippen molar-refractivity contribution in [2.75, 3.05) is 4.90 Å². The molecule has 2 bridgehead atoms. The largest absolute Gasteiger partial charge is 0.274 e. The van der Waals surface area contributed by atoms with E-state index in [0.717, 1.165) is 27.8 Å². The highest BCUT2D eigenvalue weighted by molar-refractivity contribution is 6.25. The molecule has 2 unspecified atom stereocenters. The molecule has 190 valence electrons. The predicted molar refractivity (Wildman–Crippen MR) is 146 cm³/mol. The van der Waals surface area contributed by atoms with E-state index in [-0.39, 0.29) is 23.6 Å². The van der Waals surface area contributed by atoms with E-state index >= 15 is 0 Å². The Morgan fingerprint density at radius 3 is 2.15 bits per heavy atom. The molecule has 1 aromatic heterocycles. The topological polar surface area (TPSA) is 91.7 Å². The first-order valence-corrected chi connectivity index (χ1v) is 12.9. The summed E-state index contributed by atoms with van der Waals surface area (Å²) in [6.45, 7) is 1.90. The molecule has 1 fully saturated rings. The van der Waals surface area contributed by atoms with E-state index < -0.39 is 17.3 Å². The molecule has 4 aliphatic rings. The molecule has 2 atom stereocenters. The molecular weight excluding hydrogens is 488 g/mol. The number of anilines is 1. The number of nitrogens with one attached hydrogen (secondary N) is 1. The van der Waals surface area contributed by atoms with Crippen LogP contribution in [0.2, 0.25) is 0 Å². The summed E-state index contributed by atoms with van der Waals surface area (Å²) < 4.78 is 0. The summed E-state index contributed by atoms with van der Waals surface area (Å²) in [7, 11) is 0. The minimum Gasteiger partial charge on any atom is -0.274 e. The fourth-order valence-corrected chi connectivity index (χ4v) is 6.86. The Bertz CT molecular complexity index is 1650. The van der Waals surface area contributed by atoms with Crippen LogP contribution in [0.1, 0.15) is 44.1 Å². The number of carbonyl (C=O) groups excluding carboxylic acids is 3. The number of carbonyl (C=O) groups is 3. The van der Waals surface area contributed by atoms with E-state index in [4.69, 9.17) is 0 Å². The smallest absolute Gasteiger partial charge is 0.271 e. The van der Waals surface area contributed by atoms with Gasteiger partial charge in [0, 0.05) is 30.1 Å². The first-order valence-electron chi connectivity index (χ1n) is 12.9. The summed E-state index contributed by atoms with van der Waals surface area (Å²) in [6.07, 6.45) is 4.75. The van der Waals surface area contributed by atoms with Gasteiger partial charge in [-0.2, -0.15) is 5.10 Å². The fraction of sp³-hybridized carbons (Fsp3) is 0.156. The maximum atomic E-state index is 14.4. The van der Waals surface area contributed by atoms with Gasteiger partial charge in [0.05, 0.1) is 22.9 Å². The zero-order valence-electron chi connectivity index (χ0n) is 21.1. The second-order valence-corrected chi connectivity index (χ2v) is 10.3. The van der Waals surface area contributed by atoms with Gasteiger partial charge in [-0.3, -0.25) is 19.4 Å². The predicted octanol–water partition coefficient (Wildman–Crippen LogP) is 4.36. The normalized spacial score (nSPS) is 24.4. The molecule has 3 amide bonds. The Labute approximate surface area is 225 Å². The summed E-state index contributed by atoms with van der Waals surface area (Å²) in [6, 6.07) is 26.6. The van der Waals surface area contributed by atoms with Gasteiger partial charge < -0.3 is 0 Å². The van der Waals surface area contributed by atoms with Gasteiger partial charge in [-0.15, -0.1) is 0 Å². The number of para-hydroxylation sites is 1. The Hall–Kier alpha value is -4.91. The molecular formula is C32H24N4O3. The molecule has 39 heavy (non-hydrogen) atoms. The number of pyridine rings is 1. The molecule has 0 spiro atoms. The summed E-state index contributed by atoms with van der Waals surface area (Å²) in [5.41, 5.74) is 7.37. The zero-order valence-corrected chi connectivity index (χ0v) is 21.1. The Kier molecular flexibility index (Phi) is 5.10. The average Bonchev–Trinajstić information content (AvgIpc) is 3.24. The van der Waals surface area contributed by atoms with E-state index in [2.05, 4.69) is 15.5 Å². The van der Waals surface area contributed by atoms with Crippen molar-refractivity contribution in [2.24, 2.45) is 16.9 Å². The number of hydrazone groups is 1. The summed E-state index contributed by atoms with van der Waals surface area (Å²) in [5, 5.41) is 4.44. The van der Waals surface area contributed by atoms with Gasteiger partial charge in [0.25, 0.3) is 5.91 Å². The van der Waals surface area contributed by atoms with Crippen LogP contribution < -0.4 is 10.3 Å². The third-order valence-electron chi connectivity index (χ3n) is 8.42. The van der Waals surface area contributed by atoms with Crippen LogP contribution in [0.3, 0.4) is 0 Å². The van der Waals surface area contributed by atoms with Gasteiger partial charge in [0.1, 0.15) is 0 Å². The standard InChI is InChI=1S/C32H24N4O3/c1-19-8-2-7-13-25(19)36-30(38)27-26-21-9-3-5-11-23(21)32(28(27)31(36)39,24-12-6-4-10-22(24)26)18-34-35-29(37)20-14-16-33-17-15-20/h2-18,26-28H,1H3,(H,35,37)/b34-18+. The molecule has 1 saturated heterocycles. The molecule has 7 nitrogen and oxygen atoms in total. The van der Waals surface area contributed by atoms with Crippen molar-refractivity contribution in [1.82, 2.24) is 10.4 Å². The minimum absolute atomic E-state index is 0.202. The number of hydrogen-bond acceptors (Lipinski definition) is 5. The minimum atomic E-state index is -1.04. The summed E-state index contributed by atoms with van der Waals surface area (Å²) in [5.74, 6) is -2.39. The van der Waals surface area contributed by atoms with Crippen molar-refractivity contribution in [3.8, 4) is 0 Å². The van der Waals surface area contributed by atoms with Crippen molar-refractivity contribution in [3.05, 3.63) is 131 Å². The summed E-state index contributed by atoms with van der Waals surface area (Å²) in [4.78, 5) is 46.7. The van der Waals surface area contributed by atoms with Gasteiger partial charge in [0.15, 0.2) is 0 Å². The van der Waals surface area contributed by atoms with Crippen LogP contribution in [-0.2, 0) is 15.0 Å². The van der Waals surface area contributed by atoms with Crippen LogP contribution >= 0.6 is 0 Å². The quantitative estimate of drug-likeness (QED) is 0.250. The van der Waals surface area contributed by atoms with Gasteiger partial charge in [0.2, 0.25) is 11.8 Å². The van der Waals surface area contributed by atoms with Crippen LogP contribution in [0.15, 0.2) is 102 Å². The first kappa shape index (κ1) is 23.2. The zero-order chi connectivity index (χ0) is 26.7.